The molecule has 0 unspecified atom stereocenters. The molecule has 46 nitrogen and oxygen atoms in total. The lowest BCUT2D eigenvalue weighted by molar-refractivity contribution is -0.394. The Bertz CT molecular complexity index is 2710. The lowest BCUT2D eigenvalue weighted by atomic mass is 9.89. The van der Waals surface area contributed by atoms with E-state index in [-0.39, 0.29) is 0 Å². The number of rotatable bonds is 35. The molecule has 48 heteroatoms. The Balaban J connectivity index is 1.64. The molecule has 5 aliphatic heterocycles. The van der Waals surface area contributed by atoms with Crippen molar-refractivity contribution in [2.45, 2.75) is 197 Å². The van der Waals surface area contributed by atoms with Crippen LogP contribution in [-0.4, -0.2) is 365 Å². The van der Waals surface area contributed by atoms with E-state index < -0.39 is 314 Å². The summed E-state index contributed by atoms with van der Waals surface area (Å²) in [6.07, 6.45) is -56.8. The standard InChI is InChI=1S/C48H78N2O44P2/c51-5-1-25(62)49-29-39(86-27(64)3-7-53)34(69)23(84-42(29)94-96(79,80)81)15-82-41-30(50-26(63)2-6-52)40(87-28(65)4-8-54)38(93-95(76,77)78)24(85-41)16-83-46(43(70)71)10-21(32(67)36(90-46)19(60)13-56)89-48(45(74)75)11-22(33(68)37(92-48)20(61)14-57)88-47(44(72)73)9-17(58)31(66)35(91-47)18(59)12-55/h17-24,29-42,51-61,66-69H,1-16H2,(H,49,62)(H,50,63)(H,70,71)(H,72,73)(H,74,75)(H2,76,77,78)(H2,79,80,81)/t17-,18-,19-,20-,21-,22-,23-,24-,29-,30-,31-,32-,33-,34-,35-,36-,37-,38-,39-,40-,41-,42-,46-,47-,48-/m1/s1. The van der Waals surface area contributed by atoms with Gasteiger partial charge in [0.25, 0.3) is 17.4 Å². The van der Waals surface area contributed by atoms with E-state index in [0.29, 0.717) is 0 Å². The Morgan fingerprint density at radius 2 is 0.875 bits per heavy atom. The maximum absolute atomic E-state index is 13.8. The molecule has 2 amide bonds. The summed E-state index contributed by atoms with van der Waals surface area (Å²) in [4.78, 5) is 133. The average Bonchev–Trinajstić information content (AvgIpc) is 0.774. The molecule has 25 atom stereocenters. The molecule has 0 aromatic carbocycles. The highest BCUT2D eigenvalue weighted by Crippen LogP contribution is 2.47. The van der Waals surface area contributed by atoms with E-state index in [1.165, 1.54) is 0 Å². The first kappa shape index (κ1) is 82.2. The second-order valence-corrected chi connectivity index (χ2v) is 24.4. The number of aliphatic carboxylic acids is 3. The number of carbonyl (C=O) groups excluding carboxylic acids is 4. The smallest absolute Gasteiger partial charge is 0.472 e. The second kappa shape index (κ2) is 35.2. The molecule has 554 valence electrons. The van der Waals surface area contributed by atoms with Crippen molar-refractivity contribution in [2.75, 3.05) is 59.5 Å². The number of phosphoric ester groups is 2. The maximum atomic E-state index is 13.8. The monoisotopic (exact) mass is 1450 g/mol. The molecule has 0 aromatic rings. The topological polar surface area (TPSA) is 743 Å². The minimum Gasteiger partial charge on any atom is -0.477 e. The number of hydrogen-bond donors (Lipinski definition) is 24. The van der Waals surface area contributed by atoms with Crippen molar-refractivity contribution in [2.24, 2.45) is 0 Å². The van der Waals surface area contributed by atoms with Gasteiger partial charge in [0, 0.05) is 32.1 Å². The summed E-state index contributed by atoms with van der Waals surface area (Å²) in [6, 6.07) is -4.40. The van der Waals surface area contributed by atoms with Crippen LogP contribution in [0.25, 0.3) is 0 Å². The summed E-state index contributed by atoms with van der Waals surface area (Å²) in [5.41, 5.74) is 0. The van der Waals surface area contributed by atoms with E-state index >= 15 is 0 Å². The molecule has 0 spiro atoms. The summed E-state index contributed by atoms with van der Waals surface area (Å²) < 4.78 is 96.5. The lowest BCUT2D eigenvalue weighted by Crippen LogP contribution is -2.70. The van der Waals surface area contributed by atoms with Gasteiger partial charge in [0.2, 0.25) is 11.8 Å². The highest BCUT2D eigenvalue weighted by molar-refractivity contribution is 7.46. The zero-order valence-electron chi connectivity index (χ0n) is 49.7. The first-order valence-corrected chi connectivity index (χ1v) is 31.7. The summed E-state index contributed by atoms with van der Waals surface area (Å²) in [7, 11) is -11.9. The van der Waals surface area contributed by atoms with E-state index in [1.54, 1.807) is 0 Å². The zero-order chi connectivity index (χ0) is 72.2. The van der Waals surface area contributed by atoms with Gasteiger partial charge in [-0.2, -0.15) is 0 Å². The van der Waals surface area contributed by atoms with Gasteiger partial charge in [-0.1, -0.05) is 0 Å². The molecule has 5 fully saturated rings. The largest absolute Gasteiger partial charge is 0.477 e. The molecule has 5 rings (SSSR count). The number of aliphatic hydroxyl groups excluding tert-OH is 15. The number of nitrogens with one attached hydrogen (secondary N) is 2. The first-order valence-electron chi connectivity index (χ1n) is 28.7. The van der Waals surface area contributed by atoms with Gasteiger partial charge in [0.05, 0.1) is 90.6 Å². The van der Waals surface area contributed by atoms with Gasteiger partial charge >= 0.3 is 45.5 Å². The van der Waals surface area contributed by atoms with E-state index in [1.807, 2.05) is 0 Å². The van der Waals surface area contributed by atoms with Gasteiger partial charge in [-0.3, -0.25) is 28.2 Å². The van der Waals surface area contributed by atoms with E-state index in [9.17, 15) is 154 Å². The van der Waals surface area contributed by atoms with Gasteiger partial charge in [-0.05, 0) is 0 Å². The third-order valence-electron chi connectivity index (χ3n) is 15.1. The molecule has 5 heterocycles. The van der Waals surface area contributed by atoms with Gasteiger partial charge in [-0.15, -0.1) is 0 Å². The number of ether oxygens (including phenoxy) is 11. The fourth-order valence-electron chi connectivity index (χ4n) is 10.6. The van der Waals surface area contributed by atoms with Crippen LogP contribution >= 0.6 is 15.6 Å². The molecule has 5 aliphatic rings. The summed E-state index contributed by atoms with van der Waals surface area (Å²) in [5, 5.41) is 193. The molecule has 0 aromatic heterocycles. The molecule has 0 bridgehead atoms. The van der Waals surface area contributed by atoms with E-state index in [0.717, 1.165) is 0 Å². The van der Waals surface area contributed by atoms with Gasteiger partial charge in [-0.25, -0.2) is 23.5 Å². The Morgan fingerprint density at radius 3 is 1.30 bits per heavy atom. The van der Waals surface area contributed by atoms with Crippen LogP contribution in [0.15, 0.2) is 0 Å². The van der Waals surface area contributed by atoms with Crippen LogP contribution in [0.4, 0.5) is 0 Å². The minimum atomic E-state index is -6.09. The van der Waals surface area contributed by atoms with Crippen molar-refractivity contribution in [3.8, 4) is 0 Å². The summed E-state index contributed by atoms with van der Waals surface area (Å²) in [6.45, 7) is -11.0. The fourth-order valence-corrected chi connectivity index (χ4v) is 11.7. The first-order chi connectivity index (χ1) is 44.8. The van der Waals surface area contributed by atoms with Crippen molar-refractivity contribution in [3.63, 3.8) is 0 Å². The molecular formula is C48H78N2O44P2. The molecule has 96 heavy (non-hydrogen) atoms. The molecule has 5 saturated heterocycles. The number of carboxylic acids is 3. The third-order valence-corrected chi connectivity index (χ3v) is 16.1. The predicted octanol–water partition coefficient (Wildman–Crippen LogP) is -13.3. The number of hydrogen-bond acceptors (Lipinski definition) is 37. The van der Waals surface area contributed by atoms with Crippen molar-refractivity contribution < 1.29 is 215 Å². The van der Waals surface area contributed by atoms with Crippen LogP contribution in [-0.2, 0) is 104 Å². The van der Waals surface area contributed by atoms with Crippen LogP contribution in [0, 0.1) is 0 Å². The van der Waals surface area contributed by atoms with Gasteiger partial charge < -0.3 is 174 Å². The lowest BCUT2D eigenvalue weighted by Gasteiger charge is -2.52. The minimum absolute atomic E-state index is 0.732. The van der Waals surface area contributed by atoms with E-state index in [2.05, 4.69) is 10.6 Å². The highest BCUT2D eigenvalue weighted by atomic mass is 31.2. The molecule has 24 N–H and O–H groups in total. The van der Waals surface area contributed by atoms with Crippen molar-refractivity contribution in [1.82, 2.24) is 10.6 Å². The number of esters is 2. The number of amides is 2. The van der Waals surface area contributed by atoms with Crippen LogP contribution in [0.3, 0.4) is 0 Å². The van der Waals surface area contributed by atoms with Gasteiger partial charge in [0.15, 0.2) is 24.8 Å². The normalized spacial score (nSPS) is 36.9. The number of carboxylic acid groups (broad SMARTS) is 3. The Labute approximate surface area is 538 Å². The molecule has 0 saturated carbocycles. The van der Waals surface area contributed by atoms with Crippen LogP contribution < -0.4 is 10.6 Å². The summed E-state index contributed by atoms with van der Waals surface area (Å²) >= 11 is 0. The summed E-state index contributed by atoms with van der Waals surface area (Å²) in [5.74, 6) is -23.1. The average molecular weight is 1450 g/mol. The van der Waals surface area contributed by atoms with Crippen LogP contribution in [0.1, 0.15) is 44.9 Å². The van der Waals surface area contributed by atoms with Crippen molar-refractivity contribution in [3.05, 3.63) is 0 Å². The highest BCUT2D eigenvalue weighted by Gasteiger charge is 2.65. The third kappa shape index (κ3) is 20.6. The Kier molecular flexibility index (Phi) is 30.2. The number of aliphatic hydroxyl groups is 15. The zero-order valence-corrected chi connectivity index (χ0v) is 51.5. The Morgan fingerprint density at radius 1 is 0.479 bits per heavy atom. The fraction of sp³-hybridized carbons (Fsp3) is 0.854. The van der Waals surface area contributed by atoms with Gasteiger partial charge in [0.1, 0.15) is 91.4 Å². The molecule has 0 aliphatic carbocycles. The van der Waals surface area contributed by atoms with Crippen molar-refractivity contribution in [1.29, 1.82) is 0 Å². The number of phosphoric acid groups is 2. The maximum Gasteiger partial charge on any atom is 0.472 e. The van der Waals surface area contributed by atoms with Crippen molar-refractivity contribution >= 4 is 57.3 Å². The quantitative estimate of drug-likeness (QED) is 0.0207. The molecular weight excluding hydrogens is 1370 g/mol. The second-order valence-electron chi connectivity index (χ2n) is 22.0. The molecule has 0 radical (unpaired) electrons. The SMILES string of the molecule is O=C(CCO)N[C@H]1[C@H](OC[C@H]2O[C@H](OP(=O)(O)O)[C@H](NC(=O)CCO)[C@@H](OC(=O)CCO)[C@@H]2O)O[C@H](CO[C@]2(C(=O)O)C[C@@H](O[C@]3(C(=O)O)C[C@@H](O[C@]4(C(=O)O)C[C@@H](O)[C@@H](O)[C@@H]([C@H](O)CO)O4)[C@@H](O)[C@@H]([C@H](O)CO)O3)[C@@H](O)[C@@H]([C@H](O)CO)O2)[C@@H](OP(=O)(O)O)[C@@H]1OC(=O)CCO. The van der Waals surface area contributed by atoms with E-state index in [4.69, 9.17) is 61.2 Å². The predicted molar refractivity (Wildman–Crippen MR) is 288 cm³/mol. The van der Waals surface area contributed by atoms with Crippen LogP contribution in [0.5, 0.6) is 0 Å². The number of carbonyl (C=O) groups is 7. The van der Waals surface area contributed by atoms with Crippen LogP contribution in [0.2, 0.25) is 0 Å². The Hall–Kier alpha value is -4.45.